The number of carbonyl (C=O) groups excluding carboxylic acids is 1. The summed E-state index contributed by atoms with van der Waals surface area (Å²) in [5.41, 5.74) is 0. The van der Waals surface area contributed by atoms with Gasteiger partial charge in [0, 0.05) is 39.3 Å². The number of likely N-dealkylation sites (N-methyl/N-ethyl adjacent to an activating group) is 1. The second-order valence-corrected chi connectivity index (χ2v) is 4.81. The van der Waals surface area contributed by atoms with E-state index in [1.54, 1.807) is 0 Å². The molecule has 3 N–H and O–H groups in total. The van der Waals surface area contributed by atoms with Crippen molar-refractivity contribution in [3.63, 3.8) is 0 Å². The van der Waals surface area contributed by atoms with E-state index >= 15 is 0 Å². The molecule has 0 aliphatic carbocycles. The molecule has 0 spiro atoms. The minimum atomic E-state index is -1.06. The number of hydrogen-bond acceptors (Lipinski definition) is 4. The molecule has 0 fully saturated rings. The largest absolute Gasteiger partial charge is 0.480 e. The van der Waals surface area contributed by atoms with Gasteiger partial charge in [0.05, 0.1) is 0 Å². The van der Waals surface area contributed by atoms with Crippen molar-refractivity contribution in [2.75, 3.05) is 33.9 Å². The third-order valence-electron chi connectivity index (χ3n) is 3.31. The van der Waals surface area contributed by atoms with E-state index in [9.17, 15) is 9.59 Å². The smallest absolute Gasteiger partial charge is 0.326 e. The number of nitrogens with one attached hydrogen (secondary N) is 2. The van der Waals surface area contributed by atoms with Crippen LogP contribution in [0.3, 0.4) is 0 Å². The lowest BCUT2D eigenvalue weighted by Gasteiger charge is -2.23. The Morgan fingerprint density at radius 2 is 2.05 bits per heavy atom. The molecule has 0 rings (SSSR count). The Labute approximate surface area is 120 Å². The highest BCUT2D eigenvalue weighted by Crippen LogP contribution is 1.98. The van der Waals surface area contributed by atoms with E-state index in [2.05, 4.69) is 29.4 Å². The molecule has 2 atom stereocenters. The molecule has 0 aromatic rings. The van der Waals surface area contributed by atoms with Crippen LogP contribution in [0.15, 0.2) is 0 Å². The predicted octanol–water partition coefficient (Wildman–Crippen LogP) is 0.506. The normalized spacial score (nSPS) is 13.8. The molecule has 0 aromatic heterocycles. The summed E-state index contributed by atoms with van der Waals surface area (Å²) in [6.45, 7) is 5.70. The second kappa shape index (κ2) is 10.4. The first-order valence-corrected chi connectivity index (χ1v) is 6.88. The summed E-state index contributed by atoms with van der Waals surface area (Å²) in [4.78, 5) is 24.7. The van der Waals surface area contributed by atoms with Crippen molar-refractivity contribution < 1.29 is 19.4 Å². The topological polar surface area (TPSA) is 90.9 Å². The maximum Gasteiger partial charge on any atom is 0.326 e. The number of carboxylic acids is 1. The van der Waals surface area contributed by atoms with Crippen LogP contribution in [0.4, 0.5) is 4.79 Å². The van der Waals surface area contributed by atoms with E-state index in [4.69, 9.17) is 9.84 Å². The van der Waals surface area contributed by atoms with Crippen LogP contribution in [0.25, 0.3) is 0 Å². The average Bonchev–Trinajstić information content (AvgIpc) is 2.41. The summed E-state index contributed by atoms with van der Waals surface area (Å²) in [5.74, 6) is -1.06. The summed E-state index contributed by atoms with van der Waals surface area (Å²) in [7, 11) is 3.48. The second-order valence-electron chi connectivity index (χ2n) is 4.81. The molecule has 2 unspecified atom stereocenters. The molecule has 7 nitrogen and oxygen atoms in total. The molecule has 0 bridgehead atoms. The van der Waals surface area contributed by atoms with E-state index in [-0.39, 0.29) is 13.0 Å². The fraction of sp³-hybridized carbons (Fsp3) is 0.846. The maximum atomic E-state index is 11.6. The molecule has 0 aliphatic rings. The monoisotopic (exact) mass is 289 g/mol. The Bertz CT molecular complexity index is 299. The molecule has 7 heteroatoms. The van der Waals surface area contributed by atoms with Crippen LogP contribution in [0.1, 0.15) is 26.7 Å². The van der Waals surface area contributed by atoms with E-state index < -0.39 is 18.0 Å². The Morgan fingerprint density at radius 1 is 1.40 bits per heavy atom. The molecule has 0 aliphatic heterocycles. The van der Waals surface area contributed by atoms with Gasteiger partial charge in [-0.3, -0.25) is 0 Å². The van der Waals surface area contributed by atoms with Crippen molar-refractivity contribution in [1.82, 2.24) is 15.5 Å². The fourth-order valence-electron chi connectivity index (χ4n) is 1.58. The number of carboxylic acid groups (broad SMARTS) is 1. The molecule has 0 heterocycles. The molecular formula is C13H27N3O4. The van der Waals surface area contributed by atoms with Gasteiger partial charge in [0.2, 0.25) is 0 Å². The Kier molecular flexibility index (Phi) is 9.75. The molecule has 0 aromatic carbocycles. The first kappa shape index (κ1) is 18.7. The Hall–Kier alpha value is -1.34. The van der Waals surface area contributed by atoms with Crippen molar-refractivity contribution in [1.29, 1.82) is 0 Å². The van der Waals surface area contributed by atoms with Gasteiger partial charge < -0.3 is 25.4 Å². The van der Waals surface area contributed by atoms with Gasteiger partial charge in [-0.1, -0.05) is 6.92 Å². The molecular weight excluding hydrogens is 262 g/mol. The van der Waals surface area contributed by atoms with E-state index in [0.717, 1.165) is 13.0 Å². The Balaban J connectivity index is 3.99. The molecule has 0 saturated heterocycles. The zero-order valence-electron chi connectivity index (χ0n) is 12.8. The molecule has 20 heavy (non-hydrogen) atoms. The molecule has 118 valence electrons. The van der Waals surface area contributed by atoms with Crippen molar-refractivity contribution in [3.05, 3.63) is 0 Å². The first-order valence-electron chi connectivity index (χ1n) is 6.88. The zero-order valence-corrected chi connectivity index (χ0v) is 12.8. The van der Waals surface area contributed by atoms with Crippen LogP contribution in [0.5, 0.6) is 0 Å². The van der Waals surface area contributed by atoms with Gasteiger partial charge in [-0.25, -0.2) is 9.59 Å². The van der Waals surface area contributed by atoms with Crippen LogP contribution >= 0.6 is 0 Å². The highest BCUT2D eigenvalue weighted by Gasteiger charge is 2.19. The number of aliphatic carboxylic acids is 1. The number of urea groups is 1. The third kappa shape index (κ3) is 7.96. The van der Waals surface area contributed by atoms with Gasteiger partial charge in [0.15, 0.2) is 0 Å². The quantitative estimate of drug-likeness (QED) is 0.545. The van der Waals surface area contributed by atoms with Crippen molar-refractivity contribution >= 4 is 12.0 Å². The lowest BCUT2D eigenvalue weighted by atomic mass is 10.2. The van der Waals surface area contributed by atoms with Crippen LogP contribution in [0, 0.1) is 0 Å². The molecule has 0 radical (unpaired) electrons. The summed E-state index contributed by atoms with van der Waals surface area (Å²) in [5, 5.41) is 14.0. The van der Waals surface area contributed by atoms with Gasteiger partial charge in [0.25, 0.3) is 0 Å². The first-order chi connectivity index (χ1) is 9.42. The summed E-state index contributed by atoms with van der Waals surface area (Å²) in [6.07, 6.45) is 1.28. The number of nitrogens with zero attached hydrogens (tertiary/aromatic N) is 1. The zero-order chi connectivity index (χ0) is 15.5. The lowest BCUT2D eigenvalue weighted by Crippen LogP contribution is -2.48. The van der Waals surface area contributed by atoms with Gasteiger partial charge in [0.1, 0.15) is 6.04 Å². The predicted molar refractivity (Wildman–Crippen MR) is 76.8 cm³/mol. The number of carbonyl (C=O) groups is 2. The maximum absolute atomic E-state index is 11.6. The molecule has 0 saturated carbocycles. The standard InChI is InChI=1S/C13H27N3O4/c1-5-10(2)16(3)8-7-14-13(19)15-11(12(17)18)6-9-20-4/h10-11H,5-9H2,1-4H3,(H,17,18)(H2,14,15,19). The van der Waals surface area contributed by atoms with Crippen LogP contribution in [0.2, 0.25) is 0 Å². The minimum Gasteiger partial charge on any atom is -0.480 e. The van der Waals surface area contributed by atoms with Gasteiger partial charge in [-0.2, -0.15) is 0 Å². The van der Waals surface area contributed by atoms with E-state index in [1.807, 2.05) is 7.05 Å². The van der Waals surface area contributed by atoms with Crippen LogP contribution in [-0.4, -0.2) is 67.9 Å². The number of methoxy groups -OCH3 is 1. The SMILES string of the molecule is CCC(C)N(C)CCNC(=O)NC(CCOC)C(=O)O. The van der Waals surface area contributed by atoms with E-state index in [0.29, 0.717) is 12.6 Å². The minimum absolute atomic E-state index is 0.242. The lowest BCUT2D eigenvalue weighted by molar-refractivity contribution is -0.139. The highest BCUT2D eigenvalue weighted by molar-refractivity contribution is 5.82. The number of hydrogen-bond donors (Lipinski definition) is 3. The highest BCUT2D eigenvalue weighted by atomic mass is 16.5. The van der Waals surface area contributed by atoms with Crippen molar-refractivity contribution in [2.24, 2.45) is 0 Å². The fourth-order valence-corrected chi connectivity index (χ4v) is 1.58. The van der Waals surface area contributed by atoms with Gasteiger partial charge >= 0.3 is 12.0 Å². The van der Waals surface area contributed by atoms with Crippen molar-refractivity contribution in [2.45, 2.75) is 38.8 Å². The number of ether oxygens (including phenoxy) is 1. The molecule has 2 amide bonds. The summed E-state index contributed by atoms with van der Waals surface area (Å²) in [6, 6.07) is -0.943. The number of rotatable bonds is 10. The van der Waals surface area contributed by atoms with Crippen LogP contribution in [-0.2, 0) is 9.53 Å². The summed E-state index contributed by atoms with van der Waals surface area (Å²) < 4.78 is 4.81. The van der Waals surface area contributed by atoms with E-state index in [1.165, 1.54) is 7.11 Å². The number of amides is 2. The third-order valence-corrected chi connectivity index (χ3v) is 3.31. The van der Waals surface area contributed by atoms with Crippen molar-refractivity contribution in [3.8, 4) is 0 Å². The van der Waals surface area contributed by atoms with Gasteiger partial charge in [-0.05, 0) is 20.4 Å². The Morgan fingerprint density at radius 3 is 2.55 bits per heavy atom. The van der Waals surface area contributed by atoms with Gasteiger partial charge in [-0.15, -0.1) is 0 Å². The average molecular weight is 289 g/mol. The summed E-state index contributed by atoms with van der Waals surface area (Å²) >= 11 is 0. The van der Waals surface area contributed by atoms with Crippen LogP contribution < -0.4 is 10.6 Å².